The van der Waals surface area contributed by atoms with E-state index < -0.39 is 5.82 Å². The van der Waals surface area contributed by atoms with Crippen LogP contribution in [0.2, 0.25) is 0 Å². The van der Waals surface area contributed by atoms with Crippen LogP contribution in [0.1, 0.15) is 12.8 Å². The number of benzene rings is 1. The standard InChI is InChI=1S/C18H23FN6O2/c1-24-7-3-4-13(10-24)25(2)18(26)23-16-9-17(22-11-21-16)27-15-6-5-12(20)8-14(15)19/h5-6,8-9,11,13H,3-4,7,10,20H2,1-2H3,(H,21,22,23,26)/t13-/m1/s1. The van der Waals surface area contributed by atoms with E-state index >= 15 is 0 Å². The number of aromatic nitrogens is 2. The highest BCUT2D eigenvalue weighted by molar-refractivity contribution is 5.88. The number of likely N-dealkylation sites (N-methyl/N-ethyl adjacent to an activating group) is 2. The first kappa shape index (κ1) is 18.8. The number of urea groups is 1. The molecule has 0 spiro atoms. The van der Waals surface area contributed by atoms with E-state index in [1.165, 1.54) is 24.5 Å². The van der Waals surface area contributed by atoms with Gasteiger partial charge in [-0.3, -0.25) is 5.32 Å². The Morgan fingerprint density at radius 3 is 2.96 bits per heavy atom. The molecular formula is C18H23FN6O2. The summed E-state index contributed by atoms with van der Waals surface area (Å²) in [4.78, 5) is 24.4. The lowest BCUT2D eigenvalue weighted by molar-refractivity contribution is 0.148. The molecule has 1 aromatic heterocycles. The van der Waals surface area contributed by atoms with Crippen LogP contribution in [0.3, 0.4) is 0 Å². The number of anilines is 2. The van der Waals surface area contributed by atoms with E-state index in [1.54, 1.807) is 11.9 Å². The average Bonchev–Trinajstić information content (AvgIpc) is 2.64. The maximum absolute atomic E-state index is 13.9. The highest BCUT2D eigenvalue weighted by atomic mass is 19.1. The number of carbonyl (C=O) groups is 1. The number of nitrogen functional groups attached to an aromatic ring is 1. The first-order valence-electron chi connectivity index (χ1n) is 8.69. The molecule has 1 aliphatic rings. The molecule has 1 fully saturated rings. The van der Waals surface area contributed by atoms with Gasteiger partial charge in [-0.2, -0.15) is 0 Å². The minimum absolute atomic E-state index is 0.0115. The Labute approximate surface area is 157 Å². The van der Waals surface area contributed by atoms with Crippen LogP contribution in [0, 0.1) is 5.82 Å². The number of nitrogens with zero attached hydrogens (tertiary/aromatic N) is 4. The van der Waals surface area contributed by atoms with Crippen LogP contribution < -0.4 is 15.8 Å². The van der Waals surface area contributed by atoms with E-state index in [9.17, 15) is 9.18 Å². The fourth-order valence-corrected chi connectivity index (χ4v) is 3.00. The smallest absolute Gasteiger partial charge is 0.323 e. The van der Waals surface area contributed by atoms with E-state index in [-0.39, 0.29) is 29.5 Å². The summed E-state index contributed by atoms with van der Waals surface area (Å²) in [5.74, 6) is -0.219. The molecule has 9 heteroatoms. The summed E-state index contributed by atoms with van der Waals surface area (Å²) in [5.41, 5.74) is 5.82. The molecule has 0 unspecified atom stereocenters. The zero-order valence-electron chi connectivity index (χ0n) is 15.4. The van der Waals surface area contributed by atoms with Gasteiger partial charge in [-0.25, -0.2) is 19.2 Å². The Balaban J connectivity index is 1.65. The van der Waals surface area contributed by atoms with Crippen LogP contribution in [0.15, 0.2) is 30.6 Å². The molecule has 0 saturated carbocycles. The largest absolute Gasteiger partial charge is 0.436 e. The van der Waals surface area contributed by atoms with E-state index in [0.29, 0.717) is 5.69 Å². The number of likely N-dealkylation sites (tertiary alicyclic amines) is 1. The molecule has 1 aliphatic heterocycles. The number of carbonyl (C=O) groups excluding carboxylic acids is 1. The summed E-state index contributed by atoms with van der Waals surface area (Å²) in [5, 5.41) is 2.73. The fourth-order valence-electron chi connectivity index (χ4n) is 3.00. The summed E-state index contributed by atoms with van der Waals surface area (Å²) in [6, 6.07) is 5.42. The van der Waals surface area contributed by atoms with Crippen molar-refractivity contribution >= 4 is 17.5 Å². The monoisotopic (exact) mass is 374 g/mol. The first-order valence-corrected chi connectivity index (χ1v) is 8.69. The number of nitrogens with two attached hydrogens (primary N) is 1. The van der Waals surface area contributed by atoms with Crippen LogP contribution in [0.4, 0.5) is 20.7 Å². The van der Waals surface area contributed by atoms with Crippen molar-refractivity contribution in [3.05, 3.63) is 36.4 Å². The van der Waals surface area contributed by atoms with Gasteiger partial charge in [0.25, 0.3) is 0 Å². The van der Waals surface area contributed by atoms with E-state index in [2.05, 4.69) is 20.2 Å². The SMILES string of the molecule is CN1CCC[C@@H](N(C)C(=O)Nc2cc(Oc3ccc(N)cc3F)ncn2)C1. The molecule has 1 aromatic carbocycles. The summed E-state index contributed by atoms with van der Waals surface area (Å²) in [6.45, 7) is 1.87. The van der Waals surface area contributed by atoms with Gasteiger partial charge in [0, 0.05) is 37.5 Å². The highest BCUT2D eigenvalue weighted by Gasteiger charge is 2.24. The molecule has 8 nitrogen and oxygen atoms in total. The number of ether oxygens (including phenoxy) is 1. The lowest BCUT2D eigenvalue weighted by Gasteiger charge is -2.35. The van der Waals surface area contributed by atoms with Crippen molar-refractivity contribution in [2.45, 2.75) is 18.9 Å². The zero-order valence-corrected chi connectivity index (χ0v) is 15.4. The molecule has 2 amide bonds. The summed E-state index contributed by atoms with van der Waals surface area (Å²) < 4.78 is 19.3. The third-order valence-corrected chi connectivity index (χ3v) is 4.52. The third kappa shape index (κ3) is 4.82. The Bertz CT molecular complexity index is 818. The van der Waals surface area contributed by atoms with Crippen molar-refractivity contribution in [3.8, 4) is 11.6 Å². The molecule has 0 aliphatic carbocycles. The molecular weight excluding hydrogens is 351 g/mol. The van der Waals surface area contributed by atoms with Crippen molar-refractivity contribution in [1.82, 2.24) is 19.8 Å². The van der Waals surface area contributed by atoms with E-state index in [4.69, 9.17) is 10.5 Å². The molecule has 144 valence electrons. The lowest BCUT2D eigenvalue weighted by Crippen LogP contribution is -2.48. The van der Waals surface area contributed by atoms with Crippen molar-refractivity contribution in [3.63, 3.8) is 0 Å². The molecule has 1 atom stereocenters. The highest BCUT2D eigenvalue weighted by Crippen LogP contribution is 2.25. The van der Waals surface area contributed by atoms with Gasteiger partial charge in [-0.05, 0) is 38.6 Å². The summed E-state index contributed by atoms with van der Waals surface area (Å²) >= 11 is 0. The van der Waals surface area contributed by atoms with Gasteiger partial charge in [-0.15, -0.1) is 0 Å². The molecule has 2 aromatic rings. The molecule has 0 bridgehead atoms. The van der Waals surface area contributed by atoms with Gasteiger partial charge in [0.05, 0.1) is 0 Å². The Hall–Kier alpha value is -2.94. The van der Waals surface area contributed by atoms with Gasteiger partial charge >= 0.3 is 6.03 Å². The summed E-state index contributed by atoms with van der Waals surface area (Å²) in [7, 11) is 3.81. The number of halogens is 1. The number of rotatable bonds is 4. The molecule has 3 N–H and O–H groups in total. The molecule has 27 heavy (non-hydrogen) atoms. The maximum Gasteiger partial charge on any atom is 0.323 e. The van der Waals surface area contributed by atoms with Crippen molar-refractivity contribution in [2.24, 2.45) is 0 Å². The quantitative estimate of drug-likeness (QED) is 0.799. The second-order valence-electron chi connectivity index (χ2n) is 6.63. The van der Waals surface area contributed by atoms with Gasteiger partial charge < -0.3 is 20.3 Å². The van der Waals surface area contributed by atoms with Crippen LogP contribution in [0.5, 0.6) is 11.6 Å². The minimum Gasteiger partial charge on any atom is -0.436 e. The molecule has 3 rings (SSSR count). The minimum atomic E-state index is -0.597. The Morgan fingerprint density at radius 1 is 1.41 bits per heavy atom. The number of piperidine rings is 1. The average molecular weight is 374 g/mol. The Morgan fingerprint density at radius 2 is 2.22 bits per heavy atom. The normalized spacial score (nSPS) is 17.4. The van der Waals surface area contributed by atoms with Gasteiger partial charge in [0.1, 0.15) is 12.1 Å². The predicted octanol–water partition coefficient (Wildman–Crippen LogP) is 2.55. The number of amides is 2. The second-order valence-corrected chi connectivity index (χ2v) is 6.63. The second kappa shape index (κ2) is 8.17. The van der Waals surface area contributed by atoms with Crippen LogP contribution in [0.25, 0.3) is 0 Å². The zero-order chi connectivity index (χ0) is 19.4. The number of hydrogen-bond donors (Lipinski definition) is 2. The van der Waals surface area contributed by atoms with Crippen LogP contribution in [-0.4, -0.2) is 59.0 Å². The first-order chi connectivity index (χ1) is 12.9. The Kier molecular flexibility index (Phi) is 5.70. The van der Waals surface area contributed by atoms with E-state index in [0.717, 1.165) is 32.0 Å². The molecule has 2 heterocycles. The predicted molar refractivity (Wildman–Crippen MR) is 100 cm³/mol. The van der Waals surface area contributed by atoms with Crippen molar-refractivity contribution in [1.29, 1.82) is 0 Å². The topological polar surface area (TPSA) is 96.6 Å². The molecule has 0 radical (unpaired) electrons. The third-order valence-electron chi connectivity index (χ3n) is 4.52. The van der Waals surface area contributed by atoms with Crippen LogP contribution in [-0.2, 0) is 0 Å². The number of nitrogens with one attached hydrogen (secondary N) is 1. The van der Waals surface area contributed by atoms with Gasteiger partial charge in [0.15, 0.2) is 11.6 Å². The molecule has 1 saturated heterocycles. The lowest BCUT2D eigenvalue weighted by atomic mass is 10.1. The van der Waals surface area contributed by atoms with Crippen LogP contribution >= 0.6 is 0 Å². The van der Waals surface area contributed by atoms with Gasteiger partial charge in [0.2, 0.25) is 5.88 Å². The summed E-state index contributed by atoms with van der Waals surface area (Å²) in [6.07, 6.45) is 3.26. The van der Waals surface area contributed by atoms with Gasteiger partial charge in [-0.1, -0.05) is 0 Å². The number of hydrogen-bond acceptors (Lipinski definition) is 6. The maximum atomic E-state index is 13.9. The van der Waals surface area contributed by atoms with Crippen molar-refractivity contribution < 1.29 is 13.9 Å². The van der Waals surface area contributed by atoms with Crippen molar-refractivity contribution in [2.75, 3.05) is 38.2 Å². The van der Waals surface area contributed by atoms with E-state index in [1.807, 2.05) is 7.05 Å². The fraction of sp³-hybridized carbons (Fsp3) is 0.389.